The summed E-state index contributed by atoms with van der Waals surface area (Å²) in [5.74, 6) is -0.664. The zero-order valence-corrected chi connectivity index (χ0v) is 20.7. The monoisotopic (exact) mass is 496 g/mol. The summed E-state index contributed by atoms with van der Waals surface area (Å²) >= 11 is 1.37. The second-order valence-corrected chi connectivity index (χ2v) is 9.59. The lowest BCUT2D eigenvalue weighted by molar-refractivity contribution is -0.139. The molecule has 0 aliphatic carbocycles. The number of hydrogen-bond acceptors (Lipinski definition) is 3. The molecule has 0 radical (unpaired) electrons. The third kappa shape index (κ3) is 8.21. The fourth-order valence-electron chi connectivity index (χ4n) is 3.66. The van der Waals surface area contributed by atoms with Crippen molar-refractivity contribution in [3.05, 3.63) is 107 Å². The van der Waals surface area contributed by atoms with Gasteiger partial charge in [-0.1, -0.05) is 60.7 Å². The molecule has 0 saturated heterocycles. The third-order valence-electron chi connectivity index (χ3n) is 5.41. The molecule has 2 amide bonds. The minimum atomic E-state index is -0.807. The molecule has 0 saturated carbocycles. The van der Waals surface area contributed by atoms with Crippen LogP contribution in [-0.2, 0) is 28.3 Å². The first-order valence-corrected chi connectivity index (χ1v) is 12.7. The Morgan fingerprint density at radius 3 is 2.20 bits per heavy atom. The molecule has 1 atom stereocenters. The Morgan fingerprint density at radius 1 is 0.886 bits per heavy atom. The van der Waals surface area contributed by atoms with Crippen LogP contribution in [0.2, 0.25) is 0 Å². The van der Waals surface area contributed by atoms with Gasteiger partial charge in [0.2, 0.25) is 11.8 Å². The Hall–Kier alpha value is -3.19. The highest BCUT2D eigenvalue weighted by atomic mass is 32.2. The Kier molecular flexibility index (Phi) is 9.85. The number of benzene rings is 3. The van der Waals surface area contributed by atoms with Gasteiger partial charge in [0.15, 0.2) is 0 Å². The second kappa shape index (κ2) is 13.0. The first kappa shape index (κ1) is 26.4. The van der Waals surface area contributed by atoms with E-state index in [9.17, 15) is 18.4 Å². The van der Waals surface area contributed by atoms with Gasteiger partial charge in [0.25, 0.3) is 0 Å². The molecule has 0 fully saturated rings. The van der Waals surface area contributed by atoms with E-state index in [4.69, 9.17) is 0 Å². The van der Waals surface area contributed by atoms with E-state index in [0.29, 0.717) is 17.7 Å². The van der Waals surface area contributed by atoms with E-state index in [1.54, 1.807) is 30.3 Å². The van der Waals surface area contributed by atoms with Gasteiger partial charge in [-0.2, -0.15) is 0 Å². The molecule has 0 bridgehead atoms. The van der Waals surface area contributed by atoms with Gasteiger partial charge < -0.3 is 10.2 Å². The largest absolute Gasteiger partial charge is 0.352 e. The van der Waals surface area contributed by atoms with Crippen molar-refractivity contribution in [3.63, 3.8) is 0 Å². The molecule has 0 aliphatic heterocycles. The van der Waals surface area contributed by atoms with E-state index < -0.39 is 11.9 Å². The maximum absolute atomic E-state index is 14.5. The maximum atomic E-state index is 14.5. The van der Waals surface area contributed by atoms with Gasteiger partial charge in [-0.05, 0) is 43.2 Å². The molecule has 3 rings (SSSR count). The molecule has 0 heterocycles. The number of nitrogens with zero attached hydrogens (tertiary/aromatic N) is 1. The van der Waals surface area contributed by atoms with Crippen molar-refractivity contribution < 1.29 is 18.4 Å². The summed E-state index contributed by atoms with van der Waals surface area (Å²) in [6.07, 6.45) is 0.308. The standard InChI is InChI=1S/C28H30F2N2O2S/c1-20(2)31-28(34)26(16-21-8-4-3-5-9-21)32(17-23-10-6-7-11-25(23)30)27(33)19-35-18-22-12-14-24(29)15-13-22/h3-15,20,26H,16-19H2,1-2H3,(H,31,34)/t26-/m0/s1. The van der Waals surface area contributed by atoms with Crippen molar-refractivity contribution in [3.8, 4) is 0 Å². The van der Waals surface area contributed by atoms with Crippen LogP contribution >= 0.6 is 11.8 Å². The molecule has 3 aromatic carbocycles. The zero-order chi connectivity index (χ0) is 25.2. The van der Waals surface area contributed by atoms with Crippen LogP contribution in [0.25, 0.3) is 0 Å². The van der Waals surface area contributed by atoms with Crippen molar-refractivity contribution in [2.75, 3.05) is 5.75 Å². The summed E-state index contributed by atoms with van der Waals surface area (Å²) in [4.78, 5) is 28.2. The number of carbonyl (C=O) groups excluding carboxylic acids is 2. The number of halogens is 2. The number of carbonyl (C=O) groups is 2. The van der Waals surface area contributed by atoms with Crippen molar-refractivity contribution in [2.24, 2.45) is 0 Å². The molecule has 0 aromatic heterocycles. The Balaban J connectivity index is 1.85. The molecule has 184 valence electrons. The van der Waals surface area contributed by atoms with Crippen LogP contribution in [0.1, 0.15) is 30.5 Å². The Morgan fingerprint density at radius 2 is 1.54 bits per heavy atom. The predicted octanol–water partition coefficient (Wildman–Crippen LogP) is 5.36. The average molecular weight is 497 g/mol. The molecule has 0 unspecified atom stereocenters. The van der Waals surface area contributed by atoms with Crippen LogP contribution in [0.5, 0.6) is 0 Å². The first-order chi connectivity index (χ1) is 16.8. The minimum absolute atomic E-state index is 0.0222. The molecule has 0 spiro atoms. The summed E-state index contributed by atoms with van der Waals surface area (Å²) in [6, 6.07) is 21.0. The molecule has 3 aromatic rings. The van der Waals surface area contributed by atoms with Gasteiger partial charge in [-0.25, -0.2) is 8.78 Å². The van der Waals surface area contributed by atoms with E-state index in [0.717, 1.165) is 11.1 Å². The quantitative estimate of drug-likeness (QED) is 0.389. The number of rotatable bonds is 11. The Labute approximate surface area is 209 Å². The van der Waals surface area contributed by atoms with E-state index in [1.165, 1.54) is 34.9 Å². The normalized spacial score (nSPS) is 11.8. The number of hydrogen-bond donors (Lipinski definition) is 1. The van der Waals surface area contributed by atoms with Crippen molar-refractivity contribution in [2.45, 2.75) is 44.6 Å². The van der Waals surface area contributed by atoms with E-state index >= 15 is 0 Å². The molecule has 1 N–H and O–H groups in total. The Bertz CT molecular complexity index is 1110. The predicted molar refractivity (Wildman–Crippen MR) is 137 cm³/mol. The topological polar surface area (TPSA) is 49.4 Å². The van der Waals surface area contributed by atoms with Crippen LogP contribution < -0.4 is 5.32 Å². The summed E-state index contributed by atoms with van der Waals surface area (Å²) < 4.78 is 27.7. The van der Waals surface area contributed by atoms with Gasteiger partial charge in [0.05, 0.1) is 5.75 Å². The SMILES string of the molecule is CC(C)NC(=O)[C@H](Cc1ccccc1)N(Cc1ccccc1F)C(=O)CSCc1ccc(F)cc1. The number of nitrogens with one attached hydrogen (secondary N) is 1. The lowest BCUT2D eigenvalue weighted by Crippen LogP contribution is -2.52. The van der Waals surface area contributed by atoms with Crippen LogP contribution in [0, 0.1) is 11.6 Å². The van der Waals surface area contributed by atoms with Gasteiger partial charge in [-0.3, -0.25) is 9.59 Å². The first-order valence-electron chi connectivity index (χ1n) is 11.5. The van der Waals surface area contributed by atoms with E-state index in [-0.39, 0.29) is 36.0 Å². The molecular weight excluding hydrogens is 466 g/mol. The van der Waals surface area contributed by atoms with E-state index in [2.05, 4.69) is 5.32 Å². The zero-order valence-electron chi connectivity index (χ0n) is 19.9. The summed E-state index contributed by atoms with van der Waals surface area (Å²) in [7, 11) is 0. The van der Waals surface area contributed by atoms with Crippen LogP contribution in [0.3, 0.4) is 0 Å². The number of amides is 2. The van der Waals surface area contributed by atoms with Gasteiger partial charge in [-0.15, -0.1) is 11.8 Å². The molecule has 0 aliphatic rings. The molecule has 7 heteroatoms. The highest BCUT2D eigenvalue weighted by molar-refractivity contribution is 7.99. The lowest BCUT2D eigenvalue weighted by atomic mass is 10.0. The second-order valence-electron chi connectivity index (χ2n) is 8.60. The summed E-state index contributed by atoms with van der Waals surface area (Å²) in [5, 5.41) is 2.92. The summed E-state index contributed by atoms with van der Waals surface area (Å²) in [6.45, 7) is 3.70. The molecule has 4 nitrogen and oxygen atoms in total. The van der Waals surface area contributed by atoms with E-state index in [1.807, 2.05) is 44.2 Å². The summed E-state index contributed by atoms with van der Waals surface area (Å²) in [5.41, 5.74) is 2.14. The van der Waals surface area contributed by atoms with Crippen LogP contribution in [-0.4, -0.2) is 34.6 Å². The fraction of sp³-hybridized carbons (Fsp3) is 0.286. The maximum Gasteiger partial charge on any atom is 0.243 e. The van der Waals surface area contributed by atoms with Crippen molar-refractivity contribution in [1.82, 2.24) is 10.2 Å². The van der Waals surface area contributed by atoms with Crippen molar-refractivity contribution >= 4 is 23.6 Å². The minimum Gasteiger partial charge on any atom is -0.352 e. The third-order valence-corrected chi connectivity index (χ3v) is 6.40. The van der Waals surface area contributed by atoms with Gasteiger partial charge >= 0.3 is 0 Å². The highest BCUT2D eigenvalue weighted by Gasteiger charge is 2.31. The average Bonchev–Trinajstić information content (AvgIpc) is 2.83. The van der Waals surface area contributed by atoms with Gasteiger partial charge in [0, 0.05) is 30.3 Å². The fourth-order valence-corrected chi connectivity index (χ4v) is 4.54. The van der Waals surface area contributed by atoms with Gasteiger partial charge in [0.1, 0.15) is 17.7 Å². The van der Waals surface area contributed by atoms with Crippen LogP contribution in [0.15, 0.2) is 78.9 Å². The van der Waals surface area contributed by atoms with Crippen LogP contribution in [0.4, 0.5) is 8.78 Å². The van der Waals surface area contributed by atoms with Crippen molar-refractivity contribution in [1.29, 1.82) is 0 Å². The lowest BCUT2D eigenvalue weighted by Gasteiger charge is -2.32. The molecule has 35 heavy (non-hydrogen) atoms. The highest BCUT2D eigenvalue weighted by Crippen LogP contribution is 2.20. The smallest absolute Gasteiger partial charge is 0.243 e. The molecular formula is C28H30F2N2O2S. The number of thioether (sulfide) groups is 1.